The van der Waals surface area contributed by atoms with Crippen LogP contribution < -0.4 is 0 Å². The van der Waals surface area contributed by atoms with Crippen LogP contribution in [-0.2, 0) is 6.42 Å². The monoisotopic (exact) mass is 332 g/mol. The molecule has 0 saturated heterocycles. The molecule has 0 aliphatic carbocycles. The standard InChI is InChI=1S/C17H21BrN2/c1-20(12-10-17-9-5-6-11-19-17)14-16(13-18)15-7-3-2-4-8-15/h2-9,11,16H,10,12-14H2,1H3. The molecule has 1 aromatic heterocycles. The Morgan fingerprint density at radius 1 is 1.10 bits per heavy atom. The van der Waals surface area contributed by atoms with Gasteiger partial charge in [0, 0.05) is 42.6 Å². The zero-order valence-electron chi connectivity index (χ0n) is 11.9. The van der Waals surface area contributed by atoms with Crippen molar-refractivity contribution in [3.05, 3.63) is 66.0 Å². The predicted octanol–water partition coefficient (Wildman–Crippen LogP) is 3.73. The molecule has 2 aromatic rings. The molecule has 0 spiro atoms. The van der Waals surface area contributed by atoms with E-state index in [2.05, 4.69) is 69.3 Å². The zero-order valence-corrected chi connectivity index (χ0v) is 13.5. The molecule has 1 atom stereocenters. The predicted molar refractivity (Wildman–Crippen MR) is 88.4 cm³/mol. The Labute approximate surface area is 130 Å². The van der Waals surface area contributed by atoms with Gasteiger partial charge in [0.1, 0.15) is 0 Å². The molecule has 0 saturated carbocycles. The number of hydrogen-bond acceptors (Lipinski definition) is 2. The lowest BCUT2D eigenvalue weighted by molar-refractivity contribution is 0.322. The summed E-state index contributed by atoms with van der Waals surface area (Å²) < 4.78 is 0. The van der Waals surface area contributed by atoms with Crippen molar-refractivity contribution >= 4 is 15.9 Å². The molecule has 2 rings (SSSR count). The Balaban J connectivity index is 1.85. The van der Waals surface area contributed by atoms with Gasteiger partial charge in [-0.2, -0.15) is 0 Å². The van der Waals surface area contributed by atoms with Crippen LogP contribution in [-0.4, -0.2) is 35.4 Å². The van der Waals surface area contributed by atoms with Crippen LogP contribution in [0.3, 0.4) is 0 Å². The van der Waals surface area contributed by atoms with Gasteiger partial charge in [-0.3, -0.25) is 4.98 Å². The van der Waals surface area contributed by atoms with Gasteiger partial charge in [-0.1, -0.05) is 52.3 Å². The van der Waals surface area contributed by atoms with Crippen molar-refractivity contribution in [2.75, 3.05) is 25.5 Å². The molecule has 106 valence electrons. The second kappa shape index (κ2) is 8.18. The largest absolute Gasteiger partial charge is 0.305 e. The van der Waals surface area contributed by atoms with Gasteiger partial charge in [0.2, 0.25) is 0 Å². The van der Waals surface area contributed by atoms with E-state index in [0.29, 0.717) is 5.92 Å². The summed E-state index contributed by atoms with van der Waals surface area (Å²) in [6.45, 7) is 2.09. The maximum absolute atomic E-state index is 4.37. The lowest BCUT2D eigenvalue weighted by atomic mass is 10.0. The summed E-state index contributed by atoms with van der Waals surface area (Å²) in [5.41, 5.74) is 2.56. The zero-order chi connectivity index (χ0) is 14.2. The number of benzene rings is 1. The minimum absolute atomic E-state index is 0.532. The smallest absolute Gasteiger partial charge is 0.0416 e. The van der Waals surface area contributed by atoms with Gasteiger partial charge in [-0.05, 0) is 24.7 Å². The summed E-state index contributed by atoms with van der Waals surface area (Å²) in [6.07, 6.45) is 2.86. The fourth-order valence-corrected chi connectivity index (χ4v) is 2.87. The molecule has 2 nitrogen and oxygen atoms in total. The lowest BCUT2D eigenvalue weighted by Gasteiger charge is -2.23. The molecule has 0 radical (unpaired) electrons. The molecule has 1 aromatic carbocycles. The van der Waals surface area contributed by atoms with Crippen LogP contribution in [0.2, 0.25) is 0 Å². The number of likely N-dealkylation sites (N-methyl/N-ethyl adjacent to an activating group) is 1. The van der Waals surface area contributed by atoms with Crippen LogP contribution in [0.25, 0.3) is 0 Å². The van der Waals surface area contributed by atoms with E-state index in [1.807, 2.05) is 18.3 Å². The van der Waals surface area contributed by atoms with Gasteiger partial charge < -0.3 is 4.90 Å². The molecule has 1 unspecified atom stereocenters. The first-order valence-electron chi connectivity index (χ1n) is 6.99. The molecular weight excluding hydrogens is 312 g/mol. The SMILES string of the molecule is CN(CCc1ccccn1)CC(CBr)c1ccccc1. The first-order valence-corrected chi connectivity index (χ1v) is 8.11. The molecule has 0 aliphatic rings. The van der Waals surface area contributed by atoms with E-state index in [-0.39, 0.29) is 0 Å². The number of hydrogen-bond donors (Lipinski definition) is 0. The number of alkyl halides is 1. The van der Waals surface area contributed by atoms with Gasteiger partial charge in [0.15, 0.2) is 0 Å². The third-order valence-electron chi connectivity index (χ3n) is 3.47. The average molecular weight is 333 g/mol. The summed E-state index contributed by atoms with van der Waals surface area (Å²) in [7, 11) is 2.18. The summed E-state index contributed by atoms with van der Waals surface area (Å²) in [4.78, 5) is 6.75. The highest BCUT2D eigenvalue weighted by Crippen LogP contribution is 2.19. The highest BCUT2D eigenvalue weighted by molar-refractivity contribution is 9.09. The normalized spacial score (nSPS) is 12.6. The third kappa shape index (κ3) is 4.73. The van der Waals surface area contributed by atoms with E-state index in [1.54, 1.807) is 0 Å². The molecule has 0 aliphatic heterocycles. The van der Waals surface area contributed by atoms with E-state index in [0.717, 1.165) is 30.5 Å². The molecule has 20 heavy (non-hydrogen) atoms. The second-order valence-corrected chi connectivity index (χ2v) is 5.74. The van der Waals surface area contributed by atoms with Crippen molar-refractivity contribution in [2.24, 2.45) is 0 Å². The maximum Gasteiger partial charge on any atom is 0.0416 e. The van der Waals surface area contributed by atoms with E-state index in [4.69, 9.17) is 0 Å². The van der Waals surface area contributed by atoms with E-state index >= 15 is 0 Å². The molecule has 0 fully saturated rings. The highest BCUT2D eigenvalue weighted by Gasteiger charge is 2.12. The first-order chi connectivity index (χ1) is 9.79. The first kappa shape index (κ1) is 15.2. The van der Waals surface area contributed by atoms with Crippen LogP contribution in [0.1, 0.15) is 17.2 Å². The summed E-state index contributed by atoms with van der Waals surface area (Å²) in [6, 6.07) is 16.8. The fourth-order valence-electron chi connectivity index (χ4n) is 2.29. The second-order valence-electron chi connectivity index (χ2n) is 5.10. The summed E-state index contributed by atoms with van der Waals surface area (Å²) in [5, 5.41) is 0.991. The van der Waals surface area contributed by atoms with Gasteiger partial charge in [0.25, 0.3) is 0 Å². The Bertz CT molecular complexity index is 487. The Hall–Kier alpha value is -1.19. The maximum atomic E-state index is 4.37. The Kier molecular flexibility index (Phi) is 6.22. The van der Waals surface area contributed by atoms with Crippen LogP contribution in [0.15, 0.2) is 54.7 Å². The van der Waals surface area contributed by atoms with Crippen molar-refractivity contribution in [2.45, 2.75) is 12.3 Å². The molecule has 0 amide bonds. The number of halogens is 1. The molecule has 1 heterocycles. The van der Waals surface area contributed by atoms with Crippen LogP contribution in [0.4, 0.5) is 0 Å². The van der Waals surface area contributed by atoms with Crippen LogP contribution in [0.5, 0.6) is 0 Å². The quantitative estimate of drug-likeness (QED) is 0.718. The van der Waals surface area contributed by atoms with Gasteiger partial charge in [-0.25, -0.2) is 0 Å². The van der Waals surface area contributed by atoms with Crippen molar-refractivity contribution < 1.29 is 0 Å². The Morgan fingerprint density at radius 3 is 2.50 bits per heavy atom. The molecule has 0 N–H and O–H groups in total. The van der Waals surface area contributed by atoms with E-state index in [1.165, 1.54) is 5.56 Å². The summed E-state index contributed by atoms with van der Waals surface area (Å²) >= 11 is 3.64. The number of pyridine rings is 1. The van der Waals surface area contributed by atoms with Crippen molar-refractivity contribution in [1.29, 1.82) is 0 Å². The minimum Gasteiger partial charge on any atom is -0.305 e. The number of rotatable bonds is 7. The van der Waals surface area contributed by atoms with Crippen molar-refractivity contribution in [3.63, 3.8) is 0 Å². The van der Waals surface area contributed by atoms with Gasteiger partial charge >= 0.3 is 0 Å². The van der Waals surface area contributed by atoms with Crippen molar-refractivity contribution in [1.82, 2.24) is 9.88 Å². The topological polar surface area (TPSA) is 16.1 Å². The van der Waals surface area contributed by atoms with Gasteiger partial charge in [0.05, 0.1) is 0 Å². The van der Waals surface area contributed by atoms with E-state index in [9.17, 15) is 0 Å². The molecule has 0 bridgehead atoms. The summed E-state index contributed by atoms with van der Waals surface area (Å²) in [5.74, 6) is 0.532. The van der Waals surface area contributed by atoms with E-state index < -0.39 is 0 Å². The van der Waals surface area contributed by atoms with Gasteiger partial charge in [-0.15, -0.1) is 0 Å². The van der Waals surface area contributed by atoms with Crippen molar-refractivity contribution in [3.8, 4) is 0 Å². The lowest BCUT2D eigenvalue weighted by Crippen LogP contribution is -2.27. The number of nitrogens with zero attached hydrogens (tertiary/aromatic N) is 2. The van der Waals surface area contributed by atoms with Crippen LogP contribution in [0, 0.1) is 0 Å². The van der Waals surface area contributed by atoms with Crippen LogP contribution >= 0.6 is 15.9 Å². The number of aromatic nitrogens is 1. The minimum atomic E-state index is 0.532. The average Bonchev–Trinajstić information content (AvgIpc) is 2.52. The highest BCUT2D eigenvalue weighted by atomic mass is 79.9. The molecular formula is C17H21BrN2. The fraction of sp³-hybridized carbons (Fsp3) is 0.353. The third-order valence-corrected chi connectivity index (χ3v) is 4.25. The molecule has 3 heteroatoms. The Morgan fingerprint density at radius 2 is 1.85 bits per heavy atom.